The second-order valence-electron chi connectivity index (χ2n) is 6.42. The molecule has 28 heavy (non-hydrogen) atoms. The molecule has 0 spiro atoms. The van der Waals surface area contributed by atoms with Crippen molar-refractivity contribution in [1.82, 2.24) is 23.7 Å². The Balaban J connectivity index is 1.90. The maximum absolute atomic E-state index is 12.6. The smallest absolute Gasteiger partial charge is 0.313 e. The minimum absolute atomic E-state index is 0.124. The third kappa shape index (κ3) is 3.63. The Morgan fingerprint density at radius 3 is 2.50 bits per heavy atom. The van der Waals surface area contributed by atoms with Crippen molar-refractivity contribution in [1.29, 1.82) is 0 Å². The Hall–Kier alpha value is -2.40. The molecule has 3 heterocycles. The van der Waals surface area contributed by atoms with Gasteiger partial charge in [0.2, 0.25) is 5.91 Å². The fourth-order valence-corrected chi connectivity index (χ4v) is 4.43. The zero-order chi connectivity index (χ0) is 20.6. The summed E-state index contributed by atoms with van der Waals surface area (Å²) in [6.45, 7) is 6.41. The number of nitrogens with one attached hydrogen (secondary N) is 1. The summed E-state index contributed by atoms with van der Waals surface area (Å²) >= 11 is 2.66. The number of amides is 1. The van der Waals surface area contributed by atoms with Crippen molar-refractivity contribution in [2.75, 3.05) is 11.1 Å². The van der Waals surface area contributed by atoms with Gasteiger partial charge in [-0.1, -0.05) is 18.7 Å². The summed E-state index contributed by atoms with van der Waals surface area (Å²) in [5, 5.41) is 3.90. The molecule has 9 nitrogen and oxygen atoms in total. The normalized spacial score (nSPS) is 11.3. The molecule has 150 valence electrons. The number of thioether (sulfide) groups is 1. The van der Waals surface area contributed by atoms with Crippen LogP contribution < -0.4 is 16.6 Å². The van der Waals surface area contributed by atoms with Gasteiger partial charge in [0.15, 0.2) is 21.5 Å². The molecule has 1 N–H and O–H groups in total. The summed E-state index contributed by atoms with van der Waals surface area (Å²) in [5.41, 5.74) is 0.789. The van der Waals surface area contributed by atoms with Crippen molar-refractivity contribution < 1.29 is 4.79 Å². The first kappa shape index (κ1) is 20.3. The summed E-state index contributed by atoms with van der Waals surface area (Å²) < 4.78 is 4.21. The van der Waals surface area contributed by atoms with Crippen LogP contribution in [0.3, 0.4) is 0 Å². The summed E-state index contributed by atoms with van der Waals surface area (Å²) in [4.78, 5) is 46.9. The predicted molar refractivity (Wildman–Crippen MR) is 111 cm³/mol. The highest BCUT2D eigenvalue weighted by Gasteiger charge is 2.20. The summed E-state index contributed by atoms with van der Waals surface area (Å²) in [6, 6.07) is 0. The summed E-state index contributed by atoms with van der Waals surface area (Å²) in [5.74, 6) is -0.0745. The van der Waals surface area contributed by atoms with Gasteiger partial charge in [0.05, 0.1) is 11.4 Å². The number of thiazole rings is 1. The molecule has 0 fully saturated rings. The molecule has 0 aliphatic rings. The lowest BCUT2D eigenvalue weighted by Crippen LogP contribution is -2.37. The summed E-state index contributed by atoms with van der Waals surface area (Å²) in [7, 11) is 3.04. The number of fused-ring (bicyclic) bond motifs is 1. The molecule has 0 aliphatic carbocycles. The van der Waals surface area contributed by atoms with E-state index in [1.165, 1.54) is 34.7 Å². The lowest BCUT2D eigenvalue weighted by Gasteiger charge is -2.07. The number of anilines is 1. The van der Waals surface area contributed by atoms with Crippen LogP contribution in [0.15, 0.2) is 14.7 Å². The zero-order valence-electron chi connectivity index (χ0n) is 16.4. The number of imidazole rings is 1. The quantitative estimate of drug-likeness (QED) is 0.606. The highest BCUT2D eigenvalue weighted by atomic mass is 32.2. The first-order valence-electron chi connectivity index (χ1n) is 8.77. The predicted octanol–water partition coefficient (Wildman–Crippen LogP) is 1.65. The van der Waals surface area contributed by atoms with Gasteiger partial charge in [-0.15, -0.1) is 11.3 Å². The molecular weight excluding hydrogens is 400 g/mol. The summed E-state index contributed by atoms with van der Waals surface area (Å²) in [6.07, 6.45) is 0.787. The molecule has 3 aromatic rings. The van der Waals surface area contributed by atoms with Crippen molar-refractivity contribution in [2.24, 2.45) is 14.1 Å². The van der Waals surface area contributed by atoms with Gasteiger partial charge in [0.1, 0.15) is 0 Å². The Kier molecular flexibility index (Phi) is 5.75. The number of nitrogens with zero attached hydrogens (tertiary/aromatic N) is 5. The van der Waals surface area contributed by atoms with E-state index in [1.54, 1.807) is 11.6 Å². The highest BCUT2D eigenvalue weighted by molar-refractivity contribution is 7.99. The van der Waals surface area contributed by atoms with Crippen LogP contribution in [-0.2, 0) is 25.4 Å². The van der Waals surface area contributed by atoms with E-state index in [0.29, 0.717) is 28.0 Å². The van der Waals surface area contributed by atoms with Crippen LogP contribution in [0.25, 0.3) is 11.2 Å². The van der Waals surface area contributed by atoms with Gasteiger partial charge < -0.3 is 9.88 Å². The van der Waals surface area contributed by atoms with Gasteiger partial charge in [0.25, 0.3) is 5.56 Å². The van der Waals surface area contributed by atoms with E-state index < -0.39 is 5.69 Å². The van der Waals surface area contributed by atoms with Gasteiger partial charge >= 0.3 is 5.69 Å². The van der Waals surface area contributed by atoms with E-state index in [4.69, 9.17) is 0 Å². The maximum Gasteiger partial charge on any atom is 0.332 e. The molecule has 0 aromatic carbocycles. The third-order valence-electron chi connectivity index (χ3n) is 4.37. The first-order valence-corrected chi connectivity index (χ1v) is 10.6. The van der Waals surface area contributed by atoms with E-state index in [-0.39, 0.29) is 17.2 Å². The monoisotopic (exact) mass is 422 g/mol. The fourth-order valence-electron chi connectivity index (χ4n) is 2.78. The molecule has 0 unspecified atom stereocenters. The van der Waals surface area contributed by atoms with Crippen LogP contribution in [0, 0.1) is 13.8 Å². The van der Waals surface area contributed by atoms with Crippen molar-refractivity contribution in [2.45, 2.75) is 38.9 Å². The van der Waals surface area contributed by atoms with Crippen LogP contribution in [-0.4, -0.2) is 35.3 Å². The van der Waals surface area contributed by atoms with Crippen molar-refractivity contribution in [3.8, 4) is 0 Å². The average Bonchev–Trinajstić information content (AvgIpc) is 3.16. The molecule has 0 aliphatic heterocycles. The molecule has 3 aromatic heterocycles. The van der Waals surface area contributed by atoms with E-state index >= 15 is 0 Å². The van der Waals surface area contributed by atoms with Gasteiger partial charge in [-0.3, -0.25) is 18.7 Å². The Morgan fingerprint density at radius 1 is 1.18 bits per heavy atom. The van der Waals surface area contributed by atoms with Crippen LogP contribution in [0.2, 0.25) is 0 Å². The minimum atomic E-state index is -0.428. The molecule has 0 saturated carbocycles. The van der Waals surface area contributed by atoms with Crippen molar-refractivity contribution in [3.05, 3.63) is 31.4 Å². The second kappa shape index (κ2) is 7.92. The molecule has 0 radical (unpaired) electrons. The number of aryl methyl sites for hydroxylation is 4. The Morgan fingerprint density at radius 2 is 1.89 bits per heavy atom. The molecule has 11 heteroatoms. The zero-order valence-corrected chi connectivity index (χ0v) is 18.0. The van der Waals surface area contributed by atoms with Gasteiger partial charge in [-0.2, -0.15) is 0 Å². The van der Waals surface area contributed by atoms with Gasteiger partial charge in [-0.25, -0.2) is 14.8 Å². The lowest BCUT2D eigenvalue weighted by molar-refractivity contribution is -0.113. The second-order valence-corrected chi connectivity index (χ2v) is 8.57. The van der Waals surface area contributed by atoms with Crippen molar-refractivity contribution in [3.63, 3.8) is 0 Å². The van der Waals surface area contributed by atoms with E-state index in [0.717, 1.165) is 21.6 Å². The maximum atomic E-state index is 12.6. The topological polar surface area (TPSA) is 104 Å². The van der Waals surface area contributed by atoms with Crippen LogP contribution in [0.1, 0.15) is 23.9 Å². The number of carbonyl (C=O) groups is 1. The van der Waals surface area contributed by atoms with Gasteiger partial charge in [-0.05, 0) is 20.3 Å². The molecule has 0 bridgehead atoms. The molecular formula is C17H22N6O3S2. The van der Waals surface area contributed by atoms with Gasteiger partial charge in [0, 0.05) is 25.5 Å². The average molecular weight is 423 g/mol. The molecule has 3 rings (SSSR count). The minimum Gasteiger partial charge on any atom is -0.313 e. The largest absolute Gasteiger partial charge is 0.332 e. The number of hydrogen-bond donors (Lipinski definition) is 1. The molecule has 1 amide bonds. The number of hydrogen-bond acceptors (Lipinski definition) is 7. The first-order chi connectivity index (χ1) is 13.2. The molecule has 0 saturated heterocycles. The Bertz CT molecular complexity index is 1150. The van der Waals surface area contributed by atoms with Crippen LogP contribution in [0.4, 0.5) is 5.13 Å². The SMILES string of the molecule is CCCn1c(SCC(=O)Nc2nc(C)c(C)s2)nc2c1c(=O)n(C)c(=O)n2C. The highest BCUT2D eigenvalue weighted by Crippen LogP contribution is 2.24. The van der Waals surface area contributed by atoms with Crippen LogP contribution in [0.5, 0.6) is 0 Å². The van der Waals surface area contributed by atoms with E-state index in [9.17, 15) is 14.4 Å². The third-order valence-corrected chi connectivity index (χ3v) is 6.33. The lowest BCUT2D eigenvalue weighted by atomic mass is 10.4. The van der Waals surface area contributed by atoms with Crippen molar-refractivity contribution >= 4 is 45.3 Å². The van der Waals surface area contributed by atoms with E-state index in [1.807, 2.05) is 20.8 Å². The number of rotatable bonds is 6. The number of aromatic nitrogens is 5. The standard InChI is InChI=1S/C17H22N6O3S2/c1-6-7-23-12-13(21(4)17(26)22(5)14(12)25)20-16(23)27-8-11(24)19-15-18-9(2)10(3)28-15/h6-8H2,1-5H3,(H,18,19,24). The molecule has 0 atom stereocenters. The fraction of sp³-hybridized carbons (Fsp3) is 0.471. The van der Waals surface area contributed by atoms with E-state index in [2.05, 4.69) is 15.3 Å². The number of carbonyl (C=O) groups excluding carboxylic acids is 1. The van der Waals surface area contributed by atoms with Crippen LogP contribution >= 0.6 is 23.1 Å². The Labute approximate surface area is 169 Å².